The van der Waals surface area contributed by atoms with Crippen molar-refractivity contribution in [2.75, 3.05) is 6.61 Å². The maximum atomic E-state index is 13.0. The van der Waals surface area contributed by atoms with Crippen LogP contribution in [0.2, 0.25) is 0 Å². The number of alkyl halides is 3. The lowest BCUT2D eigenvalue weighted by Gasteiger charge is -2.22. The smallest absolute Gasteiger partial charge is 0.456 e. The van der Waals surface area contributed by atoms with Gasteiger partial charge in [-0.2, -0.15) is 21.6 Å². The molecule has 0 saturated heterocycles. The highest BCUT2D eigenvalue weighted by Crippen LogP contribution is 2.36. The third-order valence-corrected chi connectivity index (χ3v) is 6.08. The Labute approximate surface area is 177 Å². The zero-order valence-corrected chi connectivity index (χ0v) is 19.3. The second kappa shape index (κ2) is 10.1. The van der Waals surface area contributed by atoms with Crippen molar-refractivity contribution in [1.29, 1.82) is 0 Å². The van der Waals surface area contributed by atoms with Crippen LogP contribution in [0, 0.1) is 0 Å². The SMILES string of the molecule is CC(CCOS(=O)(=O)c1c(C(C)C)cc(C(C)C)cc1C(C)C)OC(=O)C(F)(F)F. The van der Waals surface area contributed by atoms with Crippen LogP contribution in [0.4, 0.5) is 13.2 Å². The fraction of sp³-hybridized carbons (Fsp3) is 0.667. The molecule has 0 radical (unpaired) electrons. The number of carbonyl (C=O) groups is 1. The van der Waals surface area contributed by atoms with E-state index < -0.39 is 35.0 Å². The van der Waals surface area contributed by atoms with E-state index in [1.807, 2.05) is 53.7 Å². The largest absolute Gasteiger partial charge is 0.490 e. The minimum Gasteiger partial charge on any atom is -0.456 e. The van der Waals surface area contributed by atoms with E-state index in [9.17, 15) is 26.4 Å². The summed E-state index contributed by atoms with van der Waals surface area (Å²) in [4.78, 5) is 11.0. The number of hydrogen-bond acceptors (Lipinski definition) is 5. The molecular weight excluding hydrogens is 421 g/mol. The average Bonchev–Trinajstić information content (AvgIpc) is 2.59. The first kappa shape index (κ1) is 26.4. The van der Waals surface area contributed by atoms with Crippen LogP contribution < -0.4 is 0 Å². The number of halogens is 3. The van der Waals surface area contributed by atoms with Gasteiger partial charge in [0.05, 0.1) is 6.61 Å². The van der Waals surface area contributed by atoms with Crippen molar-refractivity contribution < 1.29 is 35.3 Å². The molecule has 1 atom stereocenters. The summed E-state index contributed by atoms with van der Waals surface area (Å²) in [6, 6.07) is 3.73. The van der Waals surface area contributed by atoms with Gasteiger partial charge >= 0.3 is 12.1 Å². The molecule has 0 saturated carbocycles. The molecule has 0 aliphatic heterocycles. The first-order chi connectivity index (χ1) is 13.6. The first-order valence-electron chi connectivity index (χ1n) is 9.92. The molecule has 30 heavy (non-hydrogen) atoms. The number of rotatable bonds is 9. The molecular formula is C21H31F3O5S. The molecule has 1 aromatic carbocycles. The Morgan fingerprint density at radius 2 is 1.40 bits per heavy atom. The number of carbonyl (C=O) groups excluding carboxylic acids is 1. The van der Waals surface area contributed by atoms with Crippen LogP contribution in [0.1, 0.15) is 89.3 Å². The molecule has 0 aliphatic carbocycles. The van der Waals surface area contributed by atoms with E-state index in [0.29, 0.717) is 11.1 Å². The minimum absolute atomic E-state index is 0.0822. The van der Waals surface area contributed by atoms with Gasteiger partial charge in [0.25, 0.3) is 10.1 Å². The maximum absolute atomic E-state index is 13.0. The third-order valence-electron chi connectivity index (χ3n) is 4.63. The minimum atomic E-state index is -5.10. The van der Waals surface area contributed by atoms with E-state index in [4.69, 9.17) is 4.18 Å². The number of benzene rings is 1. The Morgan fingerprint density at radius 3 is 1.77 bits per heavy atom. The summed E-state index contributed by atoms with van der Waals surface area (Å²) in [7, 11) is -4.17. The van der Waals surface area contributed by atoms with Crippen LogP contribution in [-0.2, 0) is 23.8 Å². The standard InChI is InChI=1S/C21H31F3O5S/c1-12(2)16-10-17(13(3)4)19(18(11-16)14(5)6)30(26,27)28-9-8-15(7)29-20(25)21(22,23)24/h10-15H,8-9H2,1-7H3. The van der Waals surface area contributed by atoms with Crippen LogP contribution in [0.15, 0.2) is 17.0 Å². The lowest BCUT2D eigenvalue weighted by atomic mass is 9.89. The van der Waals surface area contributed by atoms with Crippen LogP contribution in [0.25, 0.3) is 0 Å². The molecule has 0 aromatic heterocycles. The molecule has 0 spiro atoms. The highest BCUT2D eigenvalue weighted by atomic mass is 32.2. The van der Waals surface area contributed by atoms with Gasteiger partial charge in [0.1, 0.15) is 11.0 Å². The highest BCUT2D eigenvalue weighted by Gasteiger charge is 2.41. The summed E-state index contributed by atoms with van der Waals surface area (Å²) in [6.45, 7) is 12.5. The van der Waals surface area contributed by atoms with Crippen molar-refractivity contribution in [3.8, 4) is 0 Å². The molecule has 1 aromatic rings. The second-order valence-corrected chi connectivity index (χ2v) is 9.82. The predicted molar refractivity (Wildman–Crippen MR) is 108 cm³/mol. The molecule has 0 N–H and O–H groups in total. The zero-order chi connectivity index (χ0) is 23.4. The second-order valence-electron chi connectivity index (χ2n) is 8.27. The molecule has 172 valence electrons. The molecule has 0 bridgehead atoms. The van der Waals surface area contributed by atoms with E-state index >= 15 is 0 Å². The van der Waals surface area contributed by atoms with Crippen molar-refractivity contribution in [1.82, 2.24) is 0 Å². The first-order valence-corrected chi connectivity index (χ1v) is 11.3. The van der Waals surface area contributed by atoms with Crippen LogP contribution in [-0.4, -0.2) is 33.3 Å². The van der Waals surface area contributed by atoms with Gasteiger partial charge < -0.3 is 4.74 Å². The van der Waals surface area contributed by atoms with Crippen molar-refractivity contribution in [2.45, 2.75) is 89.8 Å². The monoisotopic (exact) mass is 452 g/mol. The number of esters is 1. The van der Waals surface area contributed by atoms with Gasteiger partial charge in [0.2, 0.25) is 0 Å². The van der Waals surface area contributed by atoms with Gasteiger partial charge in [-0.15, -0.1) is 0 Å². The summed E-state index contributed by atoms with van der Waals surface area (Å²) in [5.74, 6) is -2.27. The van der Waals surface area contributed by atoms with Gasteiger partial charge in [-0.3, -0.25) is 4.18 Å². The average molecular weight is 453 g/mol. The summed E-state index contributed by atoms with van der Waals surface area (Å²) in [6.07, 6.45) is -6.44. The van der Waals surface area contributed by atoms with E-state index in [1.165, 1.54) is 6.92 Å². The van der Waals surface area contributed by atoms with Crippen LogP contribution >= 0.6 is 0 Å². The van der Waals surface area contributed by atoms with Crippen molar-refractivity contribution in [3.05, 3.63) is 28.8 Å². The molecule has 0 aliphatic rings. The summed E-state index contributed by atoms with van der Waals surface area (Å²) in [5.41, 5.74) is 2.30. The molecule has 1 unspecified atom stereocenters. The Kier molecular flexibility index (Phi) is 8.92. The lowest BCUT2D eigenvalue weighted by Crippen LogP contribution is -2.29. The quantitative estimate of drug-likeness (QED) is 0.358. The number of ether oxygens (including phenoxy) is 1. The predicted octanol–water partition coefficient (Wildman–Crippen LogP) is 5.65. The fourth-order valence-corrected chi connectivity index (χ4v) is 4.47. The van der Waals surface area contributed by atoms with Crippen molar-refractivity contribution in [3.63, 3.8) is 0 Å². The third kappa shape index (κ3) is 6.97. The summed E-state index contributed by atoms with van der Waals surface area (Å²) in [5, 5.41) is 0. The Bertz CT molecular complexity index is 814. The number of hydrogen-bond donors (Lipinski definition) is 0. The van der Waals surface area contributed by atoms with E-state index in [2.05, 4.69) is 4.74 Å². The maximum Gasteiger partial charge on any atom is 0.490 e. The molecule has 5 nitrogen and oxygen atoms in total. The van der Waals surface area contributed by atoms with Gasteiger partial charge in [-0.25, -0.2) is 4.79 Å². The summed E-state index contributed by atoms with van der Waals surface area (Å²) < 4.78 is 72.2. The van der Waals surface area contributed by atoms with Crippen molar-refractivity contribution in [2.24, 2.45) is 0 Å². The van der Waals surface area contributed by atoms with Crippen molar-refractivity contribution >= 4 is 16.1 Å². The highest BCUT2D eigenvalue weighted by molar-refractivity contribution is 7.86. The van der Waals surface area contributed by atoms with Crippen LogP contribution in [0.5, 0.6) is 0 Å². The molecule has 0 heterocycles. The molecule has 0 amide bonds. The van der Waals surface area contributed by atoms with Gasteiger partial charge in [-0.1, -0.05) is 53.7 Å². The lowest BCUT2D eigenvalue weighted by molar-refractivity contribution is -0.204. The molecule has 0 fully saturated rings. The Morgan fingerprint density at radius 1 is 0.933 bits per heavy atom. The Hall–Kier alpha value is -1.61. The van der Waals surface area contributed by atoms with E-state index in [0.717, 1.165) is 5.56 Å². The molecule has 1 rings (SSSR count). The fourth-order valence-electron chi connectivity index (χ4n) is 2.87. The van der Waals surface area contributed by atoms with Gasteiger partial charge in [0.15, 0.2) is 0 Å². The summed E-state index contributed by atoms with van der Waals surface area (Å²) >= 11 is 0. The van der Waals surface area contributed by atoms with Gasteiger partial charge in [-0.05, 0) is 41.4 Å². The van der Waals surface area contributed by atoms with E-state index in [-0.39, 0.29) is 29.1 Å². The van der Waals surface area contributed by atoms with E-state index in [1.54, 1.807) is 0 Å². The van der Waals surface area contributed by atoms with Crippen LogP contribution in [0.3, 0.4) is 0 Å². The normalized spacial score (nSPS) is 13.9. The Balaban J connectivity index is 3.13. The topological polar surface area (TPSA) is 69.7 Å². The van der Waals surface area contributed by atoms with Gasteiger partial charge in [0, 0.05) is 6.42 Å². The molecule has 9 heteroatoms. The zero-order valence-electron chi connectivity index (χ0n) is 18.5.